The Morgan fingerprint density at radius 2 is 2.14 bits per heavy atom. The van der Waals surface area contributed by atoms with E-state index in [1.165, 1.54) is 11.3 Å². The predicted octanol–water partition coefficient (Wildman–Crippen LogP) is 1.85. The quantitative estimate of drug-likeness (QED) is 0.935. The minimum Gasteiger partial charge on any atom is -0.312 e. The number of nitrogens with zero attached hydrogens (tertiary/aromatic N) is 3. The molecule has 7 heteroatoms. The van der Waals surface area contributed by atoms with Gasteiger partial charge in [-0.1, -0.05) is 23.5 Å². The molecule has 108 valence electrons. The van der Waals surface area contributed by atoms with Gasteiger partial charge in [-0.05, 0) is 24.1 Å². The Bertz CT molecular complexity index is 640. The molecule has 6 nitrogen and oxygen atoms in total. The van der Waals surface area contributed by atoms with Crippen LogP contribution in [-0.4, -0.2) is 28.6 Å². The van der Waals surface area contributed by atoms with E-state index in [1.807, 2.05) is 24.3 Å². The lowest BCUT2D eigenvalue weighted by molar-refractivity contribution is -0.117. The fourth-order valence-electron chi connectivity index (χ4n) is 2.29. The van der Waals surface area contributed by atoms with Crippen LogP contribution in [-0.2, 0) is 16.0 Å². The molecule has 0 unspecified atom stereocenters. The number of carbonyl (C=O) groups is 2. The van der Waals surface area contributed by atoms with Crippen molar-refractivity contribution < 1.29 is 9.59 Å². The van der Waals surface area contributed by atoms with Crippen LogP contribution >= 0.6 is 11.3 Å². The first-order valence-electron chi connectivity index (χ1n) is 6.68. The lowest BCUT2D eigenvalue weighted by Gasteiger charge is -2.15. The molecule has 1 aromatic heterocycles. The molecule has 3 rings (SSSR count). The van der Waals surface area contributed by atoms with Crippen LogP contribution in [0.4, 0.5) is 10.8 Å². The van der Waals surface area contributed by atoms with E-state index in [9.17, 15) is 9.59 Å². The molecule has 0 atom stereocenters. The highest BCUT2D eigenvalue weighted by atomic mass is 32.1. The summed E-state index contributed by atoms with van der Waals surface area (Å²) in [6.07, 6.45) is 1.80. The van der Waals surface area contributed by atoms with Crippen molar-refractivity contribution in [2.75, 3.05) is 16.8 Å². The number of amides is 2. The predicted molar refractivity (Wildman–Crippen MR) is 80.3 cm³/mol. The second-order valence-electron chi connectivity index (χ2n) is 4.78. The van der Waals surface area contributed by atoms with E-state index in [0.717, 1.165) is 24.2 Å². The number of hydrogen-bond donors (Lipinski definition) is 1. The summed E-state index contributed by atoms with van der Waals surface area (Å²) in [4.78, 5) is 25.3. The molecular formula is C14H14N4O2S. The summed E-state index contributed by atoms with van der Waals surface area (Å²) >= 11 is 1.28. The standard InChI is InChI=1S/C14H14N4O2S/c19-12(16-14-17-15-9-21-14)8-10-3-5-11(6-4-10)18-7-1-2-13(18)20/h3-6,9H,1-2,7-8H2,(H,16,17,19). The van der Waals surface area contributed by atoms with Crippen molar-refractivity contribution in [2.45, 2.75) is 19.3 Å². The molecule has 0 aliphatic carbocycles. The van der Waals surface area contributed by atoms with Gasteiger partial charge in [-0.15, -0.1) is 10.2 Å². The topological polar surface area (TPSA) is 75.2 Å². The van der Waals surface area contributed by atoms with E-state index in [2.05, 4.69) is 15.5 Å². The molecule has 1 aliphatic rings. The summed E-state index contributed by atoms with van der Waals surface area (Å²) in [6.45, 7) is 0.774. The highest BCUT2D eigenvalue weighted by Crippen LogP contribution is 2.21. The van der Waals surface area contributed by atoms with Crippen molar-refractivity contribution in [3.8, 4) is 0 Å². The maximum atomic E-state index is 11.8. The van der Waals surface area contributed by atoms with Gasteiger partial charge in [-0.3, -0.25) is 9.59 Å². The molecule has 1 N–H and O–H groups in total. The smallest absolute Gasteiger partial charge is 0.230 e. The Morgan fingerprint density at radius 3 is 2.76 bits per heavy atom. The average Bonchev–Trinajstić information content (AvgIpc) is 3.11. The first-order valence-corrected chi connectivity index (χ1v) is 7.56. The molecule has 2 amide bonds. The molecule has 0 spiro atoms. The van der Waals surface area contributed by atoms with E-state index in [-0.39, 0.29) is 18.2 Å². The second kappa shape index (κ2) is 6.01. The van der Waals surface area contributed by atoms with Crippen molar-refractivity contribution in [1.82, 2.24) is 10.2 Å². The first kappa shape index (κ1) is 13.7. The Balaban J connectivity index is 1.61. The number of benzene rings is 1. The van der Waals surface area contributed by atoms with Gasteiger partial charge in [0.1, 0.15) is 5.51 Å². The Hall–Kier alpha value is -2.28. The van der Waals surface area contributed by atoms with Crippen LogP contribution < -0.4 is 10.2 Å². The largest absolute Gasteiger partial charge is 0.312 e. The molecule has 1 fully saturated rings. The molecule has 0 saturated carbocycles. The third-order valence-electron chi connectivity index (χ3n) is 3.29. The van der Waals surface area contributed by atoms with Crippen LogP contribution in [0.15, 0.2) is 29.8 Å². The zero-order valence-electron chi connectivity index (χ0n) is 11.3. The Labute approximate surface area is 125 Å². The minimum atomic E-state index is -0.128. The minimum absolute atomic E-state index is 0.128. The zero-order valence-corrected chi connectivity index (χ0v) is 12.1. The van der Waals surface area contributed by atoms with Crippen LogP contribution in [0, 0.1) is 0 Å². The van der Waals surface area contributed by atoms with Crippen LogP contribution in [0.25, 0.3) is 0 Å². The summed E-state index contributed by atoms with van der Waals surface area (Å²) in [7, 11) is 0. The van der Waals surface area contributed by atoms with Crippen LogP contribution in [0.2, 0.25) is 0 Å². The number of aromatic nitrogens is 2. The molecule has 0 radical (unpaired) electrons. The maximum Gasteiger partial charge on any atom is 0.230 e. The lowest BCUT2D eigenvalue weighted by atomic mass is 10.1. The number of nitrogens with one attached hydrogen (secondary N) is 1. The van der Waals surface area contributed by atoms with Crippen LogP contribution in [0.3, 0.4) is 0 Å². The molecular weight excluding hydrogens is 288 g/mol. The summed E-state index contributed by atoms with van der Waals surface area (Å²) in [5.74, 6) is 0.0357. The van der Waals surface area contributed by atoms with Crippen molar-refractivity contribution in [1.29, 1.82) is 0 Å². The van der Waals surface area contributed by atoms with Crippen molar-refractivity contribution in [3.05, 3.63) is 35.3 Å². The average molecular weight is 302 g/mol. The second-order valence-corrected chi connectivity index (χ2v) is 5.62. The summed E-state index contributed by atoms with van der Waals surface area (Å²) < 4.78 is 0. The van der Waals surface area contributed by atoms with Crippen molar-refractivity contribution >= 4 is 34.0 Å². The molecule has 0 bridgehead atoms. The fourth-order valence-corrected chi connectivity index (χ4v) is 2.75. The normalized spacial score (nSPS) is 14.5. The Kier molecular flexibility index (Phi) is 3.92. The lowest BCUT2D eigenvalue weighted by Crippen LogP contribution is -2.23. The van der Waals surface area contributed by atoms with Gasteiger partial charge in [0.05, 0.1) is 6.42 Å². The van der Waals surface area contributed by atoms with E-state index >= 15 is 0 Å². The summed E-state index contributed by atoms with van der Waals surface area (Å²) in [5.41, 5.74) is 3.36. The number of anilines is 2. The first-order chi connectivity index (χ1) is 10.2. The van der Waals surface area contributed by atoms with Gasteiger partial charge in [0.2, 0.25) is 16.9 Å². The number of hydrogen-bond acceptors (Lipinski definition) is 5. The van der Waals surface area contributed by atoms with E-state index in [1.54, 1.807) is 10.4 Å². The molecule has 1 aromatic carbocycles. The summed E-state index contributed by atoms with van der Waals surface area (Å²) in [6, 6.07) is 7.52. The molecule has 1 saturated heterocycles. The van der Waals surface area contributed by atoms with Gasteiger partial charge >= 0.3 is 0 Å². The molecule has 2 aromatic rings. The van der Waals surface area contributed by atoms with E-state index in [4.69, 9.17) is 0 Å². The van der Waals surface area contributed by atoms with Gasteiger partial charge in [0.25, 0.3) is 0 Å². The zero-order chi connectivity index (χ0) is 14.7. The summed E-state index contributed by atoms with van der Waals surface area (Å²) in [5, 5.41) is 10.6. The van der Waals surface area contributed by atoms with Gasteiger partial charge in [0.15, 0.2) is 0 Å². The highest BCUT2D eigenvalue weighted by Gasteiger charge is 2.21. The van der Waals surface area contributed by atoms with Crippen molar-refractivity contribution in [3.63, 3.8) is 0 Å². The van der Waals surface area contributed by atoms with Crippen molar-refractivity contribution in [2.24, 2.45) is 0 Å². The Morgan fingerprint density at radius 1 is 1.33 bits per heavy atom. The molecule has 2 heterocycles. The van der Waals surface area contributed by atoms with Crippen LogP contribution in [0.5, 0.6) is 0 Å². The van der Waals surface area contributed by atoms with Crippen LogP contribution in [0.1, 0.15) is 18.4 Å². The monoisotopic (exact) mass is 302 g/mol. The number of rotatable bonds is 4. The van der Waals surface area contributed by atoms with Gasteiger partial charge in [0, 0.05) is 18.7 Å². The van der Waals surface area contributed by atoms with Gasteiger partial charge in [-0.2, -0.15) is 0 Å². The molecule has 1 aliphatic heterocycles. The third-order valence-corrected chi connectivity index (χ3v) is 3.90. The van der Waals surface area contributed by atoms with E-state index < -0.39 is 0 Å². The maximum absolute atomic E-state index is 11.8. The van der Waals surface area contributed by atoms with E-state index in [0.29, 0.717) is 11.6 Å². The third kappa shape index (κ3) is 3.25. The fraction of sp³-hybridized carbons (Fsp3) is 0.286. The SMILES string of the molecule is O=C(Cc1ccc(N2CCCC2=O)cc1)Nc1nncs1. The molecule has 21 heavy (non-hydrogen) atoms. The van der Waals surface area contributed by atoms with Gasteiger partial charge < -0.3 is 10.2 Å². The van der Waals surface area contributed by atoms with Gasteiger partial charge in [-0.25, -0.2) is 0 Å². The highest BCUT2D eigenvalue weighted by molar-refractivity contribution is 7.13. The number of carbonyl (C=O) groups excluding carboxylic acids is 2.